The van der Waals surface area contributed by atoms with Gasteiger partial charge in [0, 0.05) is 13.0 Å². The van der Waals surface area contributed by atoms with E-state index >= 15 is 0 Å². The molecule has 5 aliphatic rings. The molecule has 0 amide bonds. The predicted molar refractivity (Wildman–Crippen MR) is 90.0 cm³/mol. The highest BCUT2D eigenvalue weighted by molar-refractivity contribution is 5.91. The molecule has 4 aliphatic carbocycles. The van der Waals surface area contributed by atoms with Crippen LogP contribution in [0.2, 0.25) is 0 Å². The minimum Gasteiger partial charge on any atom is -0.374 e. The van der Waals surface area contributed by atoms with Gasteiger partial charge in [-0.25, -0.2) is 0 Å². The van der Waals surface area contributed by atoms with E-state index in [1.54, 1.807) is 0 Å². The van der Waals surface area contributed by atoms with Crippen LogP contribution in [0, 0.1) is 29.1 Å². The maximum Gasteiger partial charge on any atom is 0.155 e. The molecule has 1 aliphatic heterocycles. The molecule has 0 bridgehead atoms. The summed E-state index contributed by atoms with van der Waals surface area (Å²) in [6.45, 7) is 3.57. The van der Waals surface area contributed by atoms with Crippen LogP contribution < -0.4 is 0 Å². The SMILES string of the molecule is C[C@]12CC[C@@H]3C4CCC(=O)C=C4CC[C@H]3[C@@H]1CC[C@]21CCCO1. The topological polar surface area (TPSA) is 26.3 Å². The van der Waals surface area contributed by atoms with Crippen LogP contribution in [0.5, 0.6) is 0 Å². The maximum atomic E-state index is 11.8. The van der Waals surface area contributed by atoms with Crippen LogP contribution in [-0.4, -0.2) is 18.0 Å². The van der Waals surface area contributed by atoms with Gasteiger partial charge in [0.25, 0.3) is 0 Å². The highest BCUT2D eigenvalue weighted by Crippen LogP contribution is 2.67. The molecular weight excluding hydrogens is 284 g/mol. The Morgan fingerprint density at radius 2 is 1.96 bits per heavy atom. The first kappa shape index (κ1) is 14.7. The zero-order valence-corrected chi connectivity index (χ0v) is 14.5. The Hall–Kier alpha value is -0.630. The molecule has 126 valence electrons. The van der Waals surface area contributed by atoms with E-state index in [0.717, 1.165) is 43.1 Å². The minimum absolute atomic E-state index is 0.223. The molecule has 1 unspecified atom stereocenters. The van der Waals surface area contributed by atoms with Crippen LogP contribution >= 0.6 is 0 Å². The van der Waals surface area contributed by atoms with E-state index in [1.165, 1.54) is 56.9 Å². The quantitative estimate of drug-likeness (QED) is 0.649. The predicted octanol–water partition coefficient (Wildman–Crippen LogP) is 4.68. The van der Waals surface area contributed by atoms with Crippen molar-refractivity contribution in [1.82, 2.24) is 0 Å². The highest BCUT2D eigenvalue weighted by atomic mass is 16.5. The number of rotatable bonds is 0. The monoisotopic (exact) mass is 314 g/mol. The fourth-order valence-corrected chi connectivity index (χ4v) is 7.62. The lowest BCUT2D eigenvalue weighted by Gasteiger charge is -2.56. The summed E-state index contributed by atoms with van der Waals surface area (Å²) in [6.07, 6.45) is 14.5. The first-order chi connectivity index (χ1) is 11.1. The summed E-state index contributed by atoms with van der Waals surface area (Å²) in [5.41, 5.74) is 2.16. The summed E-state index contributed by atoms with van der Waals surface area (Å²) in [6, 6.07) is 0. The third-order valence-electron chi connectivity index (χ3n) is 8.69. The van der Waals surface area contributed by atoms with Crippen LogP contribution in [0.4, 0.5) is 0 Å². The van der Waals surface area contributed by atoms with Crippen molar-refractivity contribution in [3.63, 3.8) is 0 Å². The number of allylic oxidation sites excluding steroid dienone is 1. The third kappa shape index (κ3) is 1.88. The second kappa shape index (κ2) is 4.94. The molecule has 0 aromatic heterocycles. The van der Waals surface area contributed by atoms with Gasteiger partial charge < -0.3 is 4.74 Å². The van der Waals surface area contributed by atoms with Crippen LogP contribution in [0.1, 0.15) is 71.1 Å². The molecule has 0 aromatic carbocycles. The standard InChI is InChI=1S/C21H30O2/c1-20-10-7-17-16-6-4-15(22)13-14(16)3-5-18(17)19(20)8-11-21(20)9-2-12-23-21/h13,16-19H,2-12H2,1H3/t16?,17-,18-,19+,20+,21-/m1/s1. The van der Waals surface area contributed by atoms with Gasteiger partial charge in [-0.3, -0.25) is 4.79 Å². The molecule has 1 saturated heterocycles. The van der Waals surface area contributed by atoms with Crippen molar-refractivity contribution in [2.24, 2.45) is 29.1 Å². The Kier molecular flexibility index (Phi) is 3.15. The number of carbonyl (C=O) groups excluding carboxylic acids is 1. The molecule has 0 radical (unpaired) electrons. The maximum absolute atomic E-state index is 11.8. The van der Waals surface area contributed by atoms with Gasteiger partial charge in [0.1, 0.15) is 0 Å². The lowest BCUT2D eigenvalue weighted by molar-refractivity contribution is -0.128. The second-order valence-electron chi connectivity index (χ2n) is 9.24. The molecule has 5 rings (SSSR count). The van der Waals surface area contributed by atoms with E-state index in [4.69, 9.17) is 4.74 Å². The van der Waals surface area contributed by atoms with Gasteiger partial charge in [0.05, 0.1) is 5.60 Å². The number of hydrogen-bond donors (Lipinski definition) is 0. The summed E-state index contributed by atoms with van der Waals surface area (Å²) in [5, 5.41) is 0. The molecule has 0 aromatic rings. The van der Waals surface area contributed by atoms with Crippen molar-refractivity contribution < 1.29 is 9.53 Å². The molecule has 0 N–H and O–H groups in total. The van der Waals surface area contributed by atoms with E-state index in [-0.39, 0.29) is 5.60 Å². The van der Waals surface area contributed by atoms with Crippen molar-refractivity contribution in [2.75, 3.05) is 6.61 Å². The van der Waals surface area contributed by atoms with E-state index in [2.05, 4.69) is 6.92 Å². The summed E-state index contributed by atoms with van der Waals surface area (Å²) < 4.78 is 6.42. The molecule has 2 nitrogen and oxygen atoms in total. The fraction of sp³-hybridized carbons (Fsp3) is 0.857. The Morgan fingerprint density at radius 1 is 1.04 bits per heavy atom. The number of carbonyl (C=O) groups is 1. The Balaban J connectivity index is 1.46. The van der Waals surface area contributed by atoms with E-state index < -0.39 is 0 Å². The first-order valence-electron chi connectivity index (χ1n) is 10.0. The molecule has 3 saturated carbocycles. The normalized spacial score (nSPS) is 52.0. The first-order valence-corrected chi connectivity index (χ1v) is 10.0. The van der Waals surface area contributed by atoms with Gasteiger partial charge in [0.2, 0.25) is 0 Å². The largest absolute Gasteiger partial charge is 0.374 e. The van der Waals surface area contributed by atoms with Crippen LogP contribution in [0.25, 0.3) is 0 Å². The van der Waals surface area contributed by atoms with Gasteiger partial charge in [-0.1, -0.05) is 12.5 Å². The van der Waals surface area contributed by atoms with Gasteiger partial charge in [-0.05, 0) is 93.0 Å². The van der Waals surface area contributed by atoms with E-state index in [0.29, 0.717) is 11.2 Å². The van der Waals surface area contributed by atoms with Crippen LogP contribution in [0.3, 0.4) is 0 Å². The number of ketones is 1. The number of fused-ring (bicyclic) bond motifs is 6. The van der Waals surface area contributed by atoms with Crippen LogP contribution in [-0.2, 0) is 9.53 Å². The summed E-state index contributed by atoms with van der Waals surface area (Å²) in [4.78, 5) is 11.8. The summed E-state index contributed by atoms with van der Waals surface area (Å²) >= 11 is 0. The number of ether oxygens (including phenoxy) is 1. The molecule has 23 heavy (non-hydrogen) atoms. The van der Waals surface area contributed by atoms with Crippen molar-refractivity contribution in [3.8, 4) is 0 Å². The summed E-state index contributed by atoms with van der Waals surface area (Å²) in [5.74, 6) is 3.75. The highest BCUT2D eigenvalue weighted by Gasteiger charge is 2.63. The zero-order valence-electron chi connectivity index (χ0n) is 14.5. The molecule has 1 spiro atoms. The molecular formula is C21H30O2. The summed E-state index contributed by atoms with van der Waals surface area (Å²) in [7, 11) is 0. The van der Waals surface area contributed by atoms with Gasteiger partial charge in [0.15, 0.2) is 5.78 Å². The van der Waals surface area contributed by atoms with Crippen molar-refractivity contribution in [1.29, 1.82) is 0 Å². The molecule has 4 fully saturated rings. The Labute approximate surface area is 140 Å². The Bertz CT molecular complexity index is 556. The fourth-order valence-electron chi connectivity index (χ4n) is 7.62. The van der Waals surface area contributed by atoms with Crippen molar-refractivity contribution in [2.45, 2.75) is 76.7 Å². The van der Waals surface area contributed by atoms with Gasteiger partial charge in [-0.15, -0.1) is 0 Å². The average molecular weight is 314 g/mol. The molecule has 6 atom stereocenters. The average Bonchev–Trinajstić information content (AvgIpc) is 3.14. The van der Waals surface area contributed by atoms with Gasteiger partial charge >= 0.3 is 0 Å². The minimum atomic E-state index is 0.223. The third-order valence-corrected chi connectivity index (χ3v) is 8.69. The smallest absolute Gasteiger partial charge is 0.155 e. The lowest BCUT2D eigenvalue weighted by atomic mass is 9.50. The molecule has 2 heteroatoms. The van der Waals surface area contributed by atoms with Crippen molar-refractivity contribution >= 4 is 5.78 Å². The second-order valence-corrected chi connectivity index (χ2v) is 9.24. The Morgan fingerprint density at radius 3 is 2.78 bits per heavy atom. The lowest BCUT2D eigenvalue weighted by Crippen LogP contribution is -2.52. The number of hydrogen-bond acceptors (Lipinski definition) is 2. The zero-order chi connectivity index (χ0) is 15.7. The van der Waals surface area contributed by atoms with E-state index in [1.807, 2.05) is 6.08 Å². The molecule has 1 heterocycles. The van der Waals surface area contributed by atoms with Crippen LogP contribution in [0.15, 0.2) is 11.6 Å². The van der Waals surface area contributed by atoms with E-state index in [9.17, 15) is 4.79 Å². The van der Waals surface area contributed by atoms with Gasteiger partial charge in [-0.2, -0.15) is 0 Å². The van der Waals surface area contributed by atoms with Crippen molar-refractivity contribution in [3.05, 3.63) is 11.6 Å².